The molecular formula is C27H20N8O. The first-order valence-corrected chi connectivity index (χ1v) is 11.3. The van der Waals surface area contributed by atoms with Crippen molar-refractivity contribution in [2.24, 2.45) is 7.05 Å². The van der Waals surface area contributed by atoms with Gasteiger partial charge in [-0.05, 0) is 30.3 Å². The van der Waals surface area contributed by atoms with Crippen LogP contribution in [0.5, 0.6) is 5.75 Å². The van der Waals surface area contributed by atoms with E-state index in [1.165, 1.54) is 0 Å². The minimum atomic E-state index is 0.0609. The first kappa shape index (κ1) is 21.4. The fourth-order valence-corrected chi connectivity index (χ4v) is 4.31. The molecule has 6 rings (SSSR count). The van der Waals surface area contributed by atoms with Gasteiger partial charge in [-0.3, -0.25) is 4.68 Å². The average Bonchev–Trinajstić information content (AvgIpc) is 3.52. The summed E-state index contributed by atoms with van der Waals surface area (Å²) in [5.41, 5.74) is 5.56. The predicted molar refractivity (Wildman–Crippen MR) is 134 cm³/mol. The monoisotopic (exact) mass is 472 g/mol. The minimum Gasteiger partial charge on any atom is -0.485 e. The van der Waals surface area contributed by atoms with E-state index in [0.717, 1.165) is 46.7 Å². The van der Waals surface area contributed by atoms with Gasteiger partial charge in [-0.15, -0.1) is 6.42 Å². The minimum absolute atomic E-state index is 0.0609. The van der Waals surface area contributed by atoms with Gasteiger partial charge in [-0.2, -0.15) is 15.5 Å². The molecule has 1 fully saturated rings. The maximum Gasteiger partial charge on any atom is 0.138 e. The predicted octanol–water partition coefficient (Wildman–Crippen LogP) is 3.31. The van der Waals surface area contributed by atoms with Crippen molar-refractivity contribution >= 4 is 11.3 Å². The van der Waals surface area contributed by atoms with Crippen LogP contribution in [0.15, 0.2) is 67.5 Å². The molecule has 0 radical (unpaired) electrons. The van der Waals surface area contributed by atoms with Crippen molar-refractivity contribution in [1.29, 1.82) is 5.26 Å². The van der Waals surface area contributed by atoms with Crippen LogP contribution in [-0.2, 0) is 7.05 Å². The Balaban J connectivity index is 1.24. The van der Waals surface area contributed by atoms with Crippen molar-refractivity contribution in [3.63, 3.8) is 0 Å². The largest absolute Gasteiger partial charge is 0.485 e. The molecule has 1 aliphatic heterocycles. The number of fused-ring (bicyclic) bond motifs is 1. The molecule has 0 N–H and O–H groups in total. The van der Waals surface area contributed by atoms with Crippen molar-refractivity contribution in [1.82, 2.24) is 29.4 Å². The van der Waals surface area contributed by atoms with Crippen LogP contribution in [0, 0.1) is 23.7 Å². The smallest absolute Gasteiger partial charge is 0.138 e. The van der Waals surface area contributed by atoms with Crippen LogP contribution in [0.2, 0.25) is 0 Å². The summed E-state index contributed by atoms with van der Waals surface area (Å²) < 4.78 is 9.47. The molecule has 0 unspecified atom stereocenters. The number of hydrogen-bond donors (Lipinski definition) is 0. The molecule has 0 amide bonds. The summed E-state index contributed by atoms with van der Waals surface area (Å²) in [6.45, 7) is 1.45. The normalized spacial score (nSPS) is 13.2. The number of pyridine rings is 3. The van der Waals surface area contributed by atoms with Crippen molar-refractivity contribution in [3.8, 4) is 46.4 Å². The third kappa shape index (κ3) is 3.79. The number of aryl methyl sites for hydroxylation is 1. The van der Waals surface area contributed by atoms with Crippen molar-refractivity contribution in [2.75, 3.05) is 18.0 Å². The summed E-state index contributed by atoms with van der Waals surface area (Å²) in [4.78, 5) is 11.0. The van der Waals surface area contributed by atoms with E-state index in [1.807, 2.05) is 50.0 Å². The number of nitrogens with zero attached hydrogens (tertiary/aromatic N) is 8. The summed E-state index contributed by atoms with van der Waals surface area (Å²) in [6.07, 6.45) is 16.2. The lowest BCUT2D eigenvalue weighted by molar-refractivity contribution is 0.166. The quantitative estimate of drug-likeness (QED) is 0.362. The van der Waals surface area contributed by atoms with Gasteiger partial charge in [0.05, 0.1) is 42.8 Å². The Labute approximate surface area is 207 Å². The Hall–Kier alpha value is -5.15. The second-order valence-corrected chi connectivity index (χ2v) is 8.58. The zero-order valence-corrected chi connectivity index (χ0v) is 19.4. The number of terminal acetylenes is 1. The Bertz CT molecular complexity index is 1650. The van der Waals surface area contributed by atoms with Gasteiger partial charge in [-0.1, -0.05) is 5.92 Å². The zero-order valence-electron chi connectivity index (χ0n) is 19.4. The third-order valence-electron chi connectivity index (χ3n) is 6.19. The van der Waals surface area contributed by atoms with Gasteiger partial charge in [0.1, 0.15) is 29.4 Å². The molecule has 5 aromatic heterocycles. The molecule has 0 aromatic carbocycles. The summed E-state index contributed by atoms with van der Waals surface area (Å²) in [5.74, 6) is 4.07. The number of rotatable bonds is 5. The molecule has 0 saturated carbocycles. The average molecular weight is 473 g/mol. The number of hydrogen-bond acceptors (Lipinski definition) is 7. The van der Waals surface area contributed by atoms with Crippen LogP contribution in [-0.4, -0.2) is 48.6 Å². The van der Waals surface area contributed by atoms with E-state index in [2.05, 4.69) is 38.1 Å². The highest BCUT2D eigenvalue weighted by atomic mass is 16.5. The Kier molecular flexibility index (Phi) is 5.09. The SMILES string of the molecule is C#Cc1ccc(OC2CN(c3ccc(-c4cc(-c5cnn(C)c5)cn5ncc(C#N)c45)cn3)C2)cn1. The van der Waals surface area contributed by atoms with Gasteiger partial charge < -0.3 is 9.64 Å². The molecule has 1 saturated heterocycles. The van der Waals surface area contributed by atoms with Gasteiger partial charge in [0.2, 0.25) is 0 Å². The standard InChI is InChI=1S/C27H20N8O/c1-3-22-5-6-23(13-29-22)36-24-16-34(17-24)26-7-4-18(10-30-26)25-8-19(21-12-31-33(2)14-21)15-35-27(25)20(9-28)11-32-35/h1,4-8,10-15,24H,16-17H2,2H3. The van der Waals surface area contributed by atoms with Gasteiger partial charge in [0.25, 0.3) is 0 Å². The molecule has 0 aliphatic carbocycles. The Morgan fingerprint density at radius 1 is 0.972 bits per heavy atom. The van der Waals surface area contributed by atoms with Crippen LogP contribution < -0.4 is 9.64 Å². The van der Waals surface area contributed by atoms with Gasteiger partial charge in [0, 0.05) is 47.9 Å². The number of nitriles is 1. The lowest BCUT2D eigenvalue weighted by atomic mass is 10.0. The summed E-state index contributed by atoms with van der Waals surface area (Å²) >= 11 is 0. The molecule has 6 heterocycles. The first-order chi connectivity index (χ1) is 17.6. The van der Waals surface area contributed by atoms with Crippen LogP contribution in [0.3, 0.4) is 0 Å². The highest BCUT2D eigenvalue weighted by molar-refractivity contribution is 5.87. The lowest BCUT2D eigenvalue weighted by Crippen LogP contribution is -2.54. The topological polar surface area (TPSA) is 97.2 Å². The van der Waals surface area contributed by atoms with E-state index in [9.17, 15) is 5.26 Å². The molecule has 0 bridgehead atoms. The van der Waals surface area contributed by atoms with Gasteiger partial charge >= 0.3 is 0 Å². The number of ether oxygens (including phenoxy) is 1. The van der Waals surface area contributed by atoms with Gasteiger partial charge in [-0.25, -0.2) is 14.5 Å². The molecule has 0 atom stereocenters. The van der Waals surface area contributed by atoms with E-state index in [0.29, 0.717) is 17.0 Å². The van der Waals surface area contributed by atoms with Crippen LogP contribution in [0.25, 0.3) is 27.8 Å². The third-order valence-corrected chi connectivity index (χ3v) is 6.19. The van der Waals surface area contributed by atoms with Crippen molar-refractivity contribution < 1.29 is 4.74 Å². The Morgan fingerprint density at radius 2 is 1.86 bits per heavy atom. The molecule has 174 valence electrons. The van der Waals surface area contributed by atoms with Crippen molar-refractivity contribution in [3.05, 3.63) is 78.8 Å². The highest BCUT2D eigenvalue weighted by Gasteiger charge is 2.29. The van der Waals surface area contributed by atoms with E-state index in [-0.39, 0.29) is 6.10 Å². The van der Waals surface area contributed by atoms with Crippen LogP contribution in [0.4, 0.5) is 5.82 Å². The summed E-state index contributed by atoms with van der Waals surface area (Å²) in [6, 6.07) is 11.9. The van der Waals surface area contributed by atoms with Gasteiger partial charge in [0.15, 0.2) is 0 Å². The van der Waals surface area contributed by atoms with Crippen LogP contribution >= 0.6 is 0 Å². The lowest BCUT2D eigenvalue weighted by Gasteiger charge is -2.39. The van der Waals surface area contributed by atoms with E-state index in [1.54, 1.807) is 27.7 Å². The maximum absolute atomic E-state index is 9.64. The molecule has 1 aliphatic rings. The fraction of sp³-hybridized carbons (Fsp3) is 0.148. The fourth-order valence-electron chi connectivity index (χ4n) is 4.31. The number of aromatic nitrogens is 6. The van der Waals surface area contributed by atoms with E-state index >= 15 is 0 Å². The highest BCUT2D eigenvalue weighted by Crippen LogP contribution is 2.33. The summed E-state index contributed by atoms with van der Waals surface area (Å²) in [5, 5.41) is 18.3. The first-order valence-electron chi connectivity index (χ1n) is 11.3. The Morgan fingerprint density at radius 3 is 2.53 bits per heavy atom. The number of anilines is 1. The second kappa shape index (κ2) is 8.57. The van der Waals surface area contributed by atoms with E-state index in [4.69, 9.17) is 16.1 Å². The van der Waals surface area contributed by atoms with E-state index < -0.39 is 0 Å². The molecule has 36 heavy (non-hydrogen) atoms. The zero-order chi connectivity index (χ0) is 24.6. The molecule has 9 heteroatoms. The maximum atomic E-state index is 9.64. The molecular weight excluding hydrogens is 452 g/mol. The molecule has 9 nitrogen and oxygen atoms in total. The second-order valence-electron chi connectivity index (χ2n) is 8.58. The van der Waals surface area contributed by atoms with Crippen molar-refractivity contribution in [2.45, 2.75) is 6.10 Å². The van der Waals surface area contributed by atoms with Crippen LogP contribution in [0.1, 0.15) is 11.3 Å². The summed E-state index contributed by atoms with van der Waals surface area (Å²) in [7, 11) is 1.88. The molecule has 0 spiro atoms. The molecule has 5 aromatic rings.